The van der Waals surface area contributed by atoms with Crippen molar-refractivity contribution in [3.63, 3.8) is 0 Å². The van der Waals surface area contributed by atoms with E-state index in [9.17, 15) is 9.59 Å². The number of hydrogen-bond donors (Lipinski definition) is 1. The molecule has 1 unspecified atom stereocenters. The predicted molar refractivity (Wildman–Crippen MR) is 70.8 cm³/mol. The van der Waals surface area contributed by atoms with Gasteiger partial charge in [-0.3, -0.25) is 4.79 Å². The third-order valence-corrected chi connectivity index (χ3v) is 4.02. The highest BCUT2D eigenvalue weighted by Gasteiger charge is 2.33. The van der Waals surface area contributed by atoms with Crippen LogP contribution in [0.1, 0.15) is 42.2 Å². The zero-order valence-electron chi connectivity index (χ0n) is 11.6. The molecule has 8 heteroatoms. The number of carbonyl (C=O) groups is 2. The second kappa shape index (κ2) is 5.80. The minimum absolute atomic E-state index is 0.0253. The maximum Gasteiger partial charge on any atom is 0.358 e. The summed E-state index contributed by atoms with van der Waals surface area (Å²) in [5, 5.41) is 16.2. The third-order valence-electron chi connectivity index (χ3n) is 4.02. The van der Waals surface area contributed by atoms with Crippen molar-refractivity contribution in [3.8, 4) is 0 Å². The van der Waals surface area contributed by atoms with Gasteiger partial charge in [0.15, 0.2) is 5.69 Å². The van der Waals surface area contributed by atoms with E-state index in [1.807, 2.05) is 0 Å². The van der Waals surface area contributed by atoms with E-state index in [0.29, 0.717) is 19.5 Å². The number of carbonyl (C=O) groups excluding carboxylic acids is 1. The molecule has 2 aliphatic heterocycles. The number of carboxylic acids is 1. The zero-order chi connectivity index (χ0) is 14.8. The Bertz CT molecular complexity index is 532. The molecule has 8 nitrogen and oxygen atoms in total. The number of amides is 1. The molecule has 114 valence electrons. The van der Waals surface area contributed by atoms with Gasteiger partial charge in [-0.25, -0.2) is 9.48 Å². The molecule has 0 radical (unpaired) electrons. The lowest BCUT2D eigenvalue weighted by Gasteiger charge is -2.39. The largest absolute Gasteiger partial charge is 0.476 e. The molecular formula is C13H18N4O4. The molecule has 0 spiro atoms. The molecule has 0 bridgehead atoms. The van der Waals surface area contributed by atoms with Crippen molar-refractivity contribution in [2.75, 3.05) is 19.7 Å². The van der Waals surface area contributed by atoms with Gasteiger partial charge in [-0.15, -0.1) is 5.10 Å². The SMILES string of the molecule is O=C(O)c1cn(C2CN(C(=O)CCC3CCCO3)C2)nn1. The van der Waals surface area contributed by atoms with Gasteiger partial charge in [-0.2, -0.15) is 0 Å². The number of rotatable bonds is 5. The Labute approximate surface area is 121 Å². The van der Waals surface area contributed by atoms with Gasteiger partial charge >= 0.3 is 5.97 Å². The molecule has 1 aromatic heterocycles. The lowest BCUT2D eigenvalue weighted by molar-refractivity contribution is -0.137. The first-order valence-electron chi connectivity index (χ1n) is 7.18. The van der Waals surface area contributed by atoms with E-state index >= 15 is 0 Å². The van der Waals surface area contributed by atoms with E-state index in [2.05, 4.69) is 10.3 Å². The Morgan fingerprint density at radius 1 is 1.43 bits per heavy atom. The van der Waals surface area contributed by atoms with Crippen molar-refractivity contribution in [2.45, 2.75) is 37.8 Å². The maximum absolute atomic E-state index is 12.0. The van der Waals surface area contributed by atoms with Gasteiger partial charge < -0.3 is 14.7 Å². The standard InChI is InChI=1S/C13H18N4O4/c18-12(4-3-10-2-1-5-21-10)16-6-9(7-16)17-8-11(13(19)20)14-15-17/h8-10H,1-7H2,(H,19,20). The second-order valence-electron chi connectivity index (χ2n) is 5.52. The number of aromatic carboxylic acids is 1. The predicted octanol–water partition coefficient (Wildman–Crippen LogP) is 0.319. The van der Waals surface area contributed by atoms with Crippen LogP contribution in [0.2, 0.25) is 0 Å². The van der Waals surface area contributed by atoms with E-state index in [1.54, 1.807) is 4.90 Å². The topological polar surface area (TPSA) is 97.5 Å². The summed E-state index contributed by atoms with van der Waals surface area (Å²) < 4.78 is 7.02. The number of carboxylic acid groups (broad SMARTS) is 1. The average molecular weight is 294 g/mol. The van der Waals surface area contributed by atoms with Gasteiger partial charge in [-0.1, -0.05) is 5.21 Å². The summed E-state index contributed by atoms with van der Waals surface area (Å²) in [5.41, 5.74) is -0.0711. The highest BCUT2D eigenvalue weighted by Crippen LogP contribution is 2.23. The fourth-order valence-corrected chi connectivity index (χ4v) is 2.69. The molecule has 3 rings (SSSR count). The minimum Gasteiger partial charge on any atom is -0.476 e. The molecular weight excluding hydrogens is 276 g/mol. The van der Waals surface area contributed by atoms with Crippen molar-refractivity contribution in [2.24, 2.45) is 0 Å². The smallest absolute Gasteiger partial charge is 0.358 e. The highest BCUT2D eigenvalue weighted by atomic mass is 16.5. The highest BCUT2D eigenvalue weighted by molar-refractivity contribution is 5.84. The van der Waals surface area contributed by atoms with Crippen LogP contribution < -0.4 is 0 Å². The Morgan fingerprint density at radius 2 is 2.24 bits per heavy atom. The van der Waals surface area contributed by atoms with E-state index < -0.39 is 5.97 Å². The molecule has 21 heavy (non-hydrogen) atoms. The summed E-state index contributed by atoms with van der Waals surface area (Å²) in [6.45, 7) is 1.93. The number of hydrogen-bond acceptors (Lipinski definition) is 5. The van der Waals surface area contributed by atoms with E-state index in [1.165, 1.54) is 10.9 Å². The molecule has 2 saturated heterocycles. The van der Waals surface area contributed by atoms with Crippen LogP contribution in [0, 0.1) is 0 Å². The van der Waals surface area contributed by atoms with Crippen LogP contribution >= 0.6 is 0 Å². The summed E-state index contributed by atoms with van der Waals surface area (Å²) in [6.07, 6.45) is 5.07. The van der Waals surface area contributed by atoms with E-state index in [0.717, 1.165) is 25.9 Å². The van der Waals surface area contributed by atoms with E-state index in [-0.39, 0.29) is 23.7 Å². The quantitative estimate of drug-likeness (QED) is 0.840. The molecule has 1 amide bonds. The van der Waals surface area contributed by atoms with Gasteiger partial charge in [0.2, 0.25) is 5.91 Å². The van der Waals surface area contributed by atoms with Gasteiger partial charge in [-0.05, 0) is 19.3 Å². The average Bonchev–Trinajstić information content (AvgIpc) is 3.06. The number of aromatic nitrogens is 3. The van der Waals surface area contributed by atoms with Crippen molar-refractivity contribution >= 4 is 11.9 Å². The molecule has 0 saturated carbocycles. The van der Waals surface area contributed by atoms with Gasteiger partial charge in [0.25, 0.3) is 0 Å². The number of nitrogens with zero attached hydrogens (tertiary/aromatic N) is 4. The summed E-state index contributed by atoms with van der Waals surface area (Å²) in [7, 11) is 0. The van der Waals surface area contributed by atoms with Gasteiger partial charge in [0.1, 0.15) is 0 Å². The summed E-state index contributed by atoms with van der Waals surface area (Å²) >= 11 is 0. The Balaban J connectivity index is 1.43. The first-order chi connectivity index (χ1) is 10.1. The lowest BCUT2D eigenvalue weighted by Crippen LogP contribution is -2.51. The van der Waals surface area contributed by atoms with Crippen LogP contribution in [-0.2, 0) is 9.53 Å². The molecule has 2 aliphatic rings. The second-order valence-corrected chi connectivity index (χ2v) is 5.52. The molecule has 1 N–H and O–H groups in total. The van der Waals surface area contributed by atoms with Crippen molar-refractivity contribution in [1.29, 1.82) is 0 Å². The minimum atomic E-state index is -1.09. The zero-order valence-corrected chi connectivity index (χ0v) is 11.6. The van der Waals surface area contributed by atoms with Crippen LogP contribution in [0.25, 0.3) is 0 Å². The normalized spacial score (nSPS) is 22.3. The van der Waals surface area contributed by atoms with E-state index in [4.69, 9.17) is 9.84 Å². The van der Waals surface area contributed by atoms with Crippen LogP contribution in [0.4, 0.5) is 0 Å². The summed E-state index contributed by atoms with van der Waals surface area (Å²) in [4.78, 5) is 24.5. The van der Waals surface area contributed by atoms with Crippen molar-refractivity contribution in [1.82, 2.24) is 19.9 Å². The first-order valence-corrected chi connectivity index (χ1v) is 7.18. The summed E-state index contributed by atoms with van der Waals surface area (Å²) in [6, 6.07) is 0.0253. The monoisotopic (exact) mass is 294 g/mol. The third kappa shape index (κ3) is 3.05. The first kappa shape index (κ1) is 14.0. The molecule has 1 atom stereocenters. The maximum atomic E-state index is 12.0. The fraction of sp³-hybridized carbons (Fsp3) is 0.692. The Kier molecular flexibility index (Phi) is 3.87. The van der Waals surface area contributed by atoms with Gasteiger partial charge in [0.05, 0.1) is 18.3 Å². The molecule has 3 heterocycles. The fourth-order valence-electron chi connectivity index (χ4n) is 2.69. The Hall–Kier alpha value is -1.96. The molecule has 0 aliphatic carbocycles. The van der Waals surface area contributed by atoms with Crippen molar-refractivity contribution < 1.29 is 19.4 Å². The van der Waals surface area contributed by atoms with Crippen LogP contribution in [0.5, 0.6) is 0 Å². The summed E-state index contributed by atoms with van der Waals surface area (Å²) in [5.74, 6) is -0.967. The van der Waals surface area contributed by atoms with Crippen LogP contribution in [-0.4, -0.2) is 62.7 Å². The number of likely N-dealkylation sites (tertiary alicyclic amines) is 1. The van der Waals surface area contributed by atoms with Crippen molar-refractivity contribution in [3.05, 3.63) is 11.9 Å². The molecule has 0 aromatic carbocycles. The lowest BCUT2D eigenvalue weighted by atomic mass is 10.1. The van der Waals surface area contributed by atoms with Crippen LogP contribution in [0.15, 0.2) is 6.20 Å². The van der Waals surface area contributed by atoms with Crippen LogP contribution in [0.3, 0.4) is 0 Å². The van der Waals surface area contributed by atoms with Gasteiger partial charge in [0, 0.05) is 26.1 Å². The molecule has 1 aromatic rings. The number of ether oxygens (including phenoxy) is 1. The molecule has 2 fully saturated rings. The Morgan fingerprint density at radius 3 is 2.86 bits per heavy atom.